The van der Waals surface area contributed by atoms with Crippen LogP contribution >= 0.6 is 11.3 Å². The molecule has 3 N–H and O–H groups in total. The number of nitrogens with one attached hydrogen (secondary N) is 3. The van der Waals surface area contributed by atoms with Crippen molar-refractivity contribution in [3.63, 3.8) is 0 Å². The molecule has 0 bridgehead atoms. The van der Waals surface area contributed by atoms with Crippen molar-refractivity contribution in [2.75, 3.05) is 24.2 Å². The van der Waals surface area contributed by atoms with Crippen LogP contribution in [0.3, 0.4) is 0 Å². The Morgan fingerprint density at radius 1 is 1.10 bits per heavy atom. The van der Waals surface area contributed by atoms with Crippen LogP contribution in [0.4, 0.5) is 5.69 Å². The van der Waals surface area contributed by atoms with Gasteiger partial charge in [-0.3, -0.25) is 9.59 Å². The first kappa shape index (κ1) is 29.7. The van der Waals surface area contributed by atoms with E-state index in [1.165, 1.54) is 11.3 Å². The lowest BCUT2D eigenvalue weighted by atomic mass is 9.94. The molecule has 0 saturated carbocycles. The summed E-state index contributed by atoms with van der Waals surface area (Å²) in [6.45, 7) is 6.76. The number of ether oxygens (including phenoxy) is 1. The van der Waals surface area contributed by atoms with Crippen LogP contribution < -0.4 is 16.1 Å². The molecule has 1 aromatic carbocycles. The standard InChI is InChI=1S/C28H39N3O6S2/c1-27(2,3)29-19-25(33)30-21-10-8-9-20(17-21)22-12-13-23(38-22)28(14-5-7-16-39(28,34)35)18-24(32)31-37-26-11-4-6-15-36-26/h8-10,12-13,17,26,29H,4-7,11,14-16,18-19H2,1-3H3,(H,30,33)(H,31,32)/t26?,28-/m0/s1. The van der Waals surface area contributed by atoms with Crippen molar-refractivity contribution in [1.29, 1.82) is 0 Å². The van der Waals surface area contributed by atoms with E-state index in [0.29, 0.717) is 36.4 Å². The minimum atomic E-state index is -3.59. The number of carbonyl (C=O) groups excluding carboxylic acids is 2. The summed E-state index contributed by atoms with van der Waals surface area (Å²) in [5, 5.41) is 6.08. The average Bonchev–Trinajstić information content (AvgIpc) is 3.39. The zero-order valence-electron chi connectivity index (χ0n) is 22.9. The van der Waals surface area contributed by atoms with Crippen LogP contribution in [0.25, 0.3) is 10.4 Å². The molecule has 1 aromatic heterocycles. The first-order chi connectivity index (χ1) is 18.5. The van der Waals surface area contributed by atoms with E-state index in [2.05, 4.69) is 16.1 Å². The molecule has 11 heteroatoms. The summed E-state index contributed by atoms with van der Waals surface area (Å²) in [5.41, 5.74) is 3.79. The van der Waals surface area contributed by atoms with Crippen molar-refractivity contribution in [3.8, 4) is 10.4 Å². The zero-order chi connectivity index (χ0) is 28.1. The van der Waals surface area contributed by atoms with E-state index in [1.54, 1.807) is 0 Å². The molecule has 2 aliphatic rings. The molecule has 39 heavy (non-hydrogen) atoms. The molecular weight excluding hydrogens is 538 g/mol. The Kier molecular flexibility index (Phi) is 9.49. The minimum absolute atomic E-state index is 0.0459. The molecule has 3 heterocycles. The van der Waals surface area contributed by atoms with Crippen molar-refractivity contribution in [3.05, 3.63) is 41.3 Å². The van der Waals surface area contributed by atoms with E-state index >= 15 is 0 Å². The number of anilines is 1. The second-order valence-electron chi connectivity index (χ2n) is 11.3. The van der Waals surface area contributed by atoms with Crippen LogP contribution in [-0.4, -0.2) is 51.0 Å². The van der Waals surface area contributed by atoms with Crippen molar-refractivity contribution in [2.45, 2.75) is 82.3 Å². The van der Waals surface area contributed by atoms with Gasteiger partial charge in [-0.2, -0.15) is 0 Å². The maximum atomic E-state index is 13.5. The summed E-state index contributed by atoms with van der Waals surface area (Å²) in [7, 11) is -3.59. The average molecular weight is 578 g/mol. The summed E-state index contributed by atoms with van der Waals surface area (Å²) in [5.74, 6) is -0.573. The topological polar surface area (TPSA) is 123 Å². The molecule has 2 aromatic rings. The van der Waals surface area contributed by atoms with Crippen LogP contribution in [0.2, 0.25) is 0 Å². The third kappa shape index (κ3) is 7.67. The van der Waals surface area contributed by atoms with Gasteiger partial charge in [0, 0.05) is 34.0 Å². The van der Waals surface area contributed by atoms with Gasteiger partial charge in [0.15, 0.2) is 16.1 Å². The Balaban J connectivity index is 1.51. The van der Waals surface area contributed by atoms with E-state index in [1.807, 2.05) is 57.2 Å². The SMILES string of the molecule is CC(C)(C)NCC(=O)Nc1cccc(-c2ccc([C@@]3(CC(=O)NOC4CCCCO4)CCCCS3(=O)=O)s2)c1. The van der Waals surface area contributed by atoms with Gasteiger partial charge in [0.25, 0.3) is 0 Å². The normalized spacial score (nSPS) is 23.2. The number of carbonyl (C=O) groups is 2. The van der Waals surface area contributed by atoms with Gasteiger partial charge in [0.2, 0.25) is 11.8 Å². The number of amides is 2. The lowest BCUT2D eigenvalue weighted by Gasteiger charge is -2.35. The fourth-order valence-electron chi connectivity index (χ4n) is 4.89. The molecule has 4 rings (SSSR count). The summed E-state index contributed by atoms with van der Waals surface area (Å²) in [6, 6.07) is 11.2. The number of rotatable bonds is 9. The molecule has 2 amide bonds. The Morgan fingerprint density at radius 3 is 2.64 bits per heavy atom. The molecule has 9 nitrogen and oxygen atoms in total. The van der Waals surface area contributed by atoms with E-state index in [9.17, 15) is 18.0 Å². The molecule has 2 fully saturated rings. The summed E-state index contributed by atoms with van der Waals surface area (Å²) in [6.07, 6.45) is 3.56. The van der Waals surface area contributed by atoms with Crippen molar-refractivity contribution >= 4 is 38.7 Å². The summed E-state index contributed by atoms with van der Waals surface area (Å²) >= 11 is 1.37. The summed E-state index contributed by atoms with van der Waals surface area (Å²) in [4.78, 5) is 32.3. The number of thiophene rings is 1. The molecule has 2 saturated heterocycles. The third-order valence-corrected chi connectivity index (χ3v) is 11.0. The van der Waals surface area contributed by atoms with Gasteiger partial charge >= 0.3 is 0 Å². The number of hydroxylamine groups is 1. The van der Waals surface area contributed by atoms with Crippen molar-refractivity contribution in [1.82, 2.24) is 10.8 Å². The van der Waals surface area contributed by atoms with E-state index in [0.717, 1.165) is 29.7 Å². The number of sulfone groups is 1. The quantitative estimate of drug-likeness (QED) is 0.375. The largest absolute Gasteiger partial charge is 0.350 e. The summed E-state index contributed by atoms with van der Waals surface area (Å²) < 4.78 is 31.2. The molecule has 0 spiro atoms. The van der Waals surface area contributed by atoms with Gasteiger partial charge in [-0.25, -0.2) is 18.7 Å². The van der Waals surface area contributed by atoms with Crippen LogP contribution in [0.1, 0.15) is 70.6 Å². The van der Waals surface area contributed by atoms with Gasteiger partial charge in [-0.15, -0.1) is 11.3 Å². The Bertz CT molecular complexity index is 1260. The highest BCUT2D eigenvalue weighted by Crippen LogP contribution is 2.47. The third-order valence-electron chi connectivity index (χ3n) is 6.99. The van der Waals surface area contributed by atoms with E-state index in [-0.39, 0.29) is 30.2 Å². The maximum Gasteiger partial charge on any atom is 0.245 e. The maximum absolute atomic E-state index is 13.5. The van der Waals surface area contributed by atoms with Crippen LogP contribution in [-0.2, 0) is 33.7 Å². The highest BCUT2D eigenvalue weighted by atomic mass is 32.2. The molecular formula is C28H39N3O6S2. The molecule has 2 aliphatic heterocycles. The highest BCUT2D eigenvalue weighted by molar-refractivity contribution is 7.92. The molecule has 214 valence electrons. The first-order valence-corrected chi connectivity index (χ1v) is 16.0. The monoisotopic (exact) mass is 577 g/mol. The first-order valence-electron chi connectivity index (χ1n) is 13.5. The minimum Gasteiger partial charge on any atom is -0.350 e. The van der Waals surface area contributed by atoms with Gasteiger partial charge in [-0.1, -0.05) is 18.6 Å². The second-order valence-corrected chi connectivity index (χ2v) is 14.8. The Labute approximate surface area is 234 Å². The Hall–Kier alpha value is -2.31. The molecule has 0 aliphatic carbocycles. The van der Waals surface area contributed by atoms with Crippen molar-refractivity contribution in [2.24, 2.45) is 0 Å². The van der Waals surface area contributed by atoms with Gasteiger partial charge in [-0.05, 0) is 76.3 Å². The number of benzene rings is 1. The van der Waals surface area contributed by atoms with Gasteiger partial charge < -0.3 is 15.4 Å². The Morgan fingerprint density at radius 2 is 1.92 bits per heavy atom. The van der Waals surface area contributed by atoms with Crippen LogP contribution in [0.15, 0.2) is 36.4 Å². The molecule has 1 unspecified atom stereocenters. The smallest absolute Gasteiger partial charge is 0.245 e. The highest BCUT2D eigenvalue weighted by Gasteiger charge is 2.49. The lowest BCUT2D eigenvalue weighted by Crippen LogP contribution is -2.45. The van der Waals surface area contributed by atoms with Crippen molar-refractivity contribution < 1.29 is 27.6 Å². The lowest BCUT2D eigenvalue weighted by molar-refractivity contribution is -0.200. The van der Waals surface area contributed by atoms with Gasteiger partial charge in [0.1, 0.15) is 4.75 Å². The number of hydrogen-bond acceptors (Lipinski definition) is 8. The predicted octanol–water partition coefficient (Wildman–Crippen LogP) is 4.50. The molecule has 2 atom stereocenters. The predicted molar refractivity (Wildman–Crippen MR) is 153 cm³/mol. The second kappa shape index (κ2) is 12.5. The van der Waals surface area contributed by atoms with Crippen LogP contribution in [0, 0.1) is 0 Å². The fourth-order valence-corrected chi connectivity index (χ4v) is 8.66. The van der Waals surface area contributed by atoms with Crippen LogP contribution in [0.5, 0.6) is 0 Å². The van der Waals surface area contributed by atoms with E-state index in [4.69, 9.17) is 9.57 Å². The number of hydrogen-bond donors (Lipinski definition) is 3. The fraction of sp³-hybridized carbons (Fsp3) is 0.571. The zero-order valence-corrected chi connectivity index (χ0v) is 24.5. The van der Waals surface area contributed by atoms with Gasteiger partial charge in [0.05, 0.1) is 18.7 Å². The van der Waals surface area contributed by atoms with E-state index < -0.39 is 26.8 Å². The molecule has 0 radical (unpaired) electrons.